The lowest BCUT2D eigenvalue weighted by atomic mass is 10.1. The lowest BCUT2D eigenvalue weighted by molar-refractivity contribution is -0.129. The van der Waals surface area contributed by atoms with E-state index in [0.29, 0.717) is 30.2 Å². The SMILES string of the molecule is COc1ccc(C(C)N2CC(c3nc(-c4cccc(F)c4)no3)CC2=O)cc1. The van der Waals surface area contributed by atoms with E-state index >= 15 is 0 Å². The third-order valence-corrected chi connectivity index (χ3v) is 5.10. The highest BCUT2D eigenvalue weighted by Gasteiger charge is 2.37. The van der Waals surface area contributed by atoms with E-state index in [1.807, 2.05) is 36.1 Å². The van der Waals surface area contributed by atoms with E-state index in [-0.39, 0.29) is 23.7 Å². The van der Waals surface area contributed by atoms with Crippen molar-refractivity contribution in [1.82, 2.24) is 15.0 Å². The van der Waals surface area contributed by atoms with Crippen molar-refractivity contribution >= 4 is 5.91 Å². The first-order valence-electron chi connectivity index (χ1n) is 9.08. The molecule has 7 heteroatoms. The molecule has 1 saturated heterocycles. The van der Waals surface area contributed by atoms with Gasteiger partial charge >= 0.3 is 0 Å². The number of halogens is 1. The second kappa shape index (κ2) is 7.42. The summed E-state index contributed by atoms with van der Waals surface area (Å²) in [7, 11) is 1.62. The van der Waals surface area contributed by atoms with Crippen LogP contribution in [-0.2, 0) is 4.79 Å². The average Bonchev–Trinajstić information content (AvgIpc) is 3.34. The van der Waals surface area contributed by atoms with Crippen LogP contribution in [0.5, 0.6) is 5.75 Å². The first kappa shape index (κ1) is 18.2. The summed E-state index contributed by atoms with van der Waals surface area (Å²) in [5.74, 6) is 0.999. The van der Waals surface area contributed by atoms with Gasteiger partial charge in [0, 0.05) is 18.5 Å². The predicted molar refractivity (Wildman–Crippen MR) is 100 cm³/mol. The lowest BCUT2D eigenvalue weighted by Crippen LogP contribution is -2.28. The molecule has 0 radical (unpaired) electrons. The summed E-state index contributed by atoms with van der Waals surface area (Å²) in [5, 5.41) is 3.95. The van der Waals surface area contributed by atoms with Gasteiger partial charge in [0.1, 0.15) is 11.6 Å². The first-order chi connectivity index (χ1) is 13.5. The van der Waals surface area contributed by atoms with Crippen LogP contribution in [0.2, 0.25) is 0 Å². The Morgan fingerprint density at radius 1 is 1.25 bits per heavy atom. The molecule has 0 spiro atoms. The quantitative estimate of drug-likeness (QED) is 0.669. The third kappa shape index (κ3) is 3.47. The number of amides is 1. The maximum Gasteiger partial charge on any atom is 0.232 e. The van der Waals surface area contributed by atoms with Crippen molar-refractivity contribution in [2.45, 2.75) is 25.3 Å². The Bertz CT molecular complexity index is 987. The van der Waals surface area contributed by atoms with Crippen LogP contribution in [0.25, 0.3) is 11.4 Å². The van der Waals surface area contributed by atoms with Crippen molar-refractivity contribution in [2.75, 3.05) is 13.7 Å². The maximum atomic E-state index is 13.4. The van der Waals surface area contributed by atoms with Gasteiger partial charge in [-0.2, -0.15) is 4.98 Å². The van der Waals surface area contributed by atoms with E-state index in [4.69, 9.17) is 9.26 Å². The van der Waals surface area contributed by atoms with Crippen molar-refractivity contribution in [1.29, 1.82) is 0 Å². The van der Waals surface area contributed by atoms with Gasteiger partial charge in [0.2, 0.25) is 17.6 Å². The van der Waals surface area contributed by atoms with Gasteiger partial charge in [-0.25, -0.2) is 4.39 Å². The molecule has 1 fully saturated rings. The number of nitrogens with zero attached hydrogens (tertiary/aromatic N) is 3. The van der Waals surface area contributed by atoms with Crippen LogP contribution in [0.3, 0.4) is 0 Å². The fraction of sp³-hybridized carbons (Fsp3) is 0.286. The third-order valence-electron chi connectivity index (χ3n) is 5.10. The maximum absolute atomic E-state index is 13.4. The number of benzene rings is 2. The zero-order valence-electron chi connectivity index (χ0n) is 15.6. The van der Waals surface area contributed by atoms with Crippen molar-refractivity contribution < 1.29 is 18.4 Å². The molecule has 144 valence electrons. The van der Waals surface area contributed by atoms with Crippen LogP contribution in [-0.4, -0.2) is 34.6 Å². The Labute approximate surface area is 161 Å². The summed E-state index contributed by atoms with van der Waals surface area (Å²) in [4.78, 5) is 18.8. The second-order valence-electron chi connectivity index (χ2n) is 6.86. The molecule has 6 nitrogen and oxygen atoms in total. The molecule has 28 heavy (non-hydrogen) atoms. The summed E-state index contributed by atoms with van der Waals surface area (Å²) < 4.78 is 24.0. The molecule has 0 saturated carbocycles. The summed E-state index contributed by atoms with van der Waals surface area (Å²) in [6.45, 7) is 2.49. The fourth-order valence-corrected chi connectivity index (χ4v) is 3.48. The smallest absolute Gasteiger partial charge is 0.232 e. The highest BCUT2D eigenvalue weighted by atomic mass is 19.1. The number of carbonyl (C=O) groups is 1. The minimum Gasteiger partial charge on any atom is -0.497 e. The Hall–Kier alpha value is -3.22. The summed E-state index contributed by atoms with van der Waals surface area (Å²) >= 11 is 0. The molecule has 2 unspecified atom stereocenters. The Balaban J connectivity index is 1.50. The van der Waals surface area contributed by atoms with Gasteiger partial charge in [-0.3, -0.25) is 4.79 Å². The van der Waals surface area contributed by atoms with Crippen LogP contribution >= 0.6 is 0 Å². The first-order valence-corrected chi connectivity index (χ1v) is 9.08. The lowest BCUT2D eigenvalue weighted by Gasteiger charge is -2.25. The summed E-state index contributed by atoms with van der Waals surface area (Å²) in [6.07, 6.45) is 0.311. The number of rotatable bonds is 5. The summed E-state index contributed by atoms with van der Waals surface area (Å²) in [6, 6.07) is 13.6. The summed E-state index contributed by atoms with van der Waals surface area (Å²) in [5.41, 5.74) is 1.57. The van der Waals surface area contributed by atoms with E-state index in [2.05, 4.69) is 10.1 Å². The van der Waals surface area contributed by atoms with Crippen molar-refractivity contribution in [3.63, 3.8) is 0 Å². The highest BCUT2D eigenvalue weighted by molar-refractivity contribution is 5.80. The topological polar surface area (TPSA) is 68.5 Å². The normalized spacial score (nSPS) is 17.8. The molecule has 0 bridgehead atoms. The molecule has 2 aromatic carbocycles. The molecule has 0 N–H and O–H groups in total. The van der Waals surface area contributed by atoms with Crippen LogP contribution in [0.15, 0.2) is 53.1 Å². The van der Waals surface area contributed by atoms with Gasteiger partial charge in [0.05, 0.1) is 19.1 Å². The van der Waals surface area contributed by atoms with Gasteiger partial charge in [-0.05, 0) is 36.8 Å². The molecule has 0 aliphatic carbocycles. The molecular formula is C21H20FN3O3. The predicted octanol–water partition coefficient (Wildman–Crippen LogP) is 3.96. The Morgan fingerprint density at radius 3 is 2.75 bits per heavy atom. The molecule has 1 aromatic heterocycles. The van der Waals surface area contributed by atoms with Crippen molar-refractivity contribution in [3.05, 3.63) is 65.8 Å². The number of methoxy groups -OCH3 is 1. The zero-order chi connectivity index (χ0) is 19.7. The van der Waals surface area contributed by atoms with Crippen LogP contribution in [0.1, 0.15) is 36.8 Å². The van der Waals surface area contributed by atoms with Crippen LogP contribution in [0, 0.1) is 5.82 Å². The van der Waals surface area contributed by atoms with Crippen molar-refractivity contribution in [3.8, 4) is 17.1 Å². The van der Waals surface area contributed by atoms with Crippen LogP contribution in [0.4, 0.5) is 4.39 Å². The van der Waals surface area contributed by atoms with Crippen molar-refractivity contribution in [2.24, 2.45) is 0 Å². The number of carbonyl (C=O) groups excluding carboxylic acids is 1. The average molecular weight is 381 g/mol. The fourth-order valence-electron chi connectivity index (χ4n) is 3.48. The van der Waals surface area contributed by atoms with Gasteiger partial charge in [0.25, 0.3) is 0 Å². The highest BCUT2D eigenvalue weighted by Crippen LogP contribution is 2.34. The van der Waals surface area contributed by atoms with Gasteiger partial charge in [-0.15, -0.1) is 0 Å². The molecule has 3 aromatic rings. The molecule has 1 amide bonds. The van der Waals surface area contributed by atoms with E-state index in [9.17, 15) is 9.18 Å². The van der Waals surface area contributed by atoms with Crippen LogP contribution < -0.4 is 4.74 Å². The standard InChI is InChI=1S/C21H20FN3O3/c1-13(14-6-8-18(27-2)9-7-14)25-12-16(11-19(25)26)21-23-20(24-28-21)15-4-3-5-17(22)10-15/h3-10,13,16H,11-12H2,1-2H3. The Kier molecular flexibility index (Phi) is 4.81. The number of hydrogen-bond donors (Lipinski definition) is 0. The molecule has 2 atom stereocenters. The van der Waals surface area contributed by atoms with E-state index in [0.717, 1.165) is 11.3 Å². The van der Waals surface area contributed by atoms with E-state index in [1.165, 1.54) is 12.1 Å². The molecule has 1 aliphatic heterocycles. The monoisotopic (exact) mass is 381 g/mol. The van der Waals surface area contributed by atoms with E-state index < -0.39 is 0 Å². The number of likely N-dealkylation sites (tertiary alicyclic amines) is 1. The molecule has 4 rings (SSSR count). The number of aromatic nitrogens is 2. The number of hydrogen-bond acceptors (Lipinski definition) is 5. The largest absolute Gasteiger partial charge is 0.497 e. The molecular weight excluding hydrogens is 361 g/mol. The van der Waals surface area contributed by atoms with E-state index in [1.54, 1.807) is 19.2 Å². The number of ether oxygens (including phenoxy) is 1. The van der Waals surface area contributed by atoms with Gasteiger partial charge in [0.15, 0.2) is 0 Å². The van der Waals surface area contributed by atoms with Gasteiger partial charge in [-0.1, -0.05) is 29.4 Å². The molecule has 2 heterocycles. The minimum atomic E-state index is -0.362. The minimum absolute atomic E-state index is 0.0406. The Morgan fingerprint density at radius 2 is 2.04 bits per heavy atom. The molecule has 1 aliphatic rings. The van der Waals surface area contributed by atoms with Gasteiger partial charge < -0.3 is 14.2 Å². The second-order valence-corrected chi connectivity index (χ2v) is 6.86. The zero-order valence-corrected chi connectivity index (χ0v) is 15.6.